The van der Waals surface area contributed by atoms with Crippen LogP contribution in [0.25, 0.3) is 6.08 Å². The van der Waals surface area contributed by atoms with Crippen molar-refractivity contribution in [3.63, 3.8) is 0 Å². The molecule has 0 bridgehead atoms. The van der Waals surface area contributed by atoms with Crippen LogP contribution in [-0.2, 0) is 17.8 Å². The zero-order chi connectivity index (χ0) is 14.8. The van der Waals surface area contributed by atoms with Crippen molar-refractivity contribution in [2.75, 3.05) is 20.2 Å². The van der Waals surface area contributed by atoms with Crippen molar-refractivity contribution in [1.82, 2.24) is 5.32 Å². The minimum atomic E-state index is 0.635. The minimum Gasteiger partial charge on any atom is -0.373 e. The Kier molecular flexibility index (Phi) is 6.72. The lowest BCUT2D eigenvalue weighted by Crippen LogP contribution is -2.10. The monoisotopic (exact) mass is 281 g/mol. The fourth-order valence-electron chi connectivity index (χ4n) is 2.06. The molecule has 0 amide bonds. The van der Waals surface area contributed by atoms with E-state index in [1.807, 2.05) is 25.2 Å². The number of likely N-dealkylation sites (N-methyl/N-ethyl adjacent to an activating group) is 1. The third-order valence-corrected chi connectivity index (χ3v) is 3.28. The molecule has 2 nitrogen and oxygen atoms in total. The first-order valence-electron chi connectivity index (χ1n) is 7.40. The lowest BCUT2D eigenvalue weighted by Gasteiger charge is -2.04. The predicted octanol–water partition coefficient (Wildman–Crippen LogP) is 3.68. The van der Waals surface area contributed by atoms with Gasteiger partial charge in [0.2, 0.25) is 0 Å². The van der Waals surface area contributed by atoms with Crippen LogP contribution in [0.3, 0.4) is 0 Å². The van der Waals surface area contributed by atoms with Gasteiger partial charge < -0.3 is 10.1 Å². The fourth-order valence-corrected chi connectivity index (χ4v) is 2.06. The highest BCUT2D eigenvalue weighted by molar-refractivity contribution is 5.48. The van der Waals surface area contributed by atoms with E-state index in [4.69, 9.17) is 4.74 Å². The van der Waals surface area contributed by atoms with Gasteiger partial charge in [-0.1, -0.05) is 66.7 Å². The molecule has 2 aromatic carbocycles. The van der Waals surface area contributed by atoms with Crippen LogP contribution in [0.15, 0.2) is 60.7 Å². The van der Waals surface area contributed by atoms with E-state index in [-0.39, 0.29) is 0 Å². The number of ether oxygens (including phenoxy) is 1. The summed E-state index contributed by atoms with van der Waals surface area (Å²) >= 11 is 0. The SMILES string of the molecule is CNCCc1ccc(COC/C=C/c2ccccc2)cc1. The highest BCUT2D eigenvalue weighted by atomic mass is 16.5. The Hall–Kier alpha value is -1.90. The molecule has 110 valence electrons. The Morgan fingerprint density at radius 1 is 0.952 bits per heavy atom. The number of rotatable bonds is 8. The summed E-state index contributed by atoms with van der Waals surface area (Å²) in [6.07, 6.45) is 5.20. The quantitative estimate of drug-likeness (QED) is 0.745. The second-order valence-corrected chi connectivity index (χ2v) is 5.00. The largest absolute Gasteiger partial charge is 0.373 e. The molecular formula is C19H23NO. The molecule has 0 saturated heterocycles. The number of hydrogen-bond acceptors (Lipinski definition) is 2. The molecule has 0 fully saturated rings. The van der Waals surface area contributed by atoms with Gasteiger partial charge in [-0.15, -0.1) is 0 Å². The highest BCUT2D eigenvalue weighted by Gasteiger charge is 1.95. The van der Waals surface area contributed by atoms with Gasteiger partial charge in [0.1, 0.15) is 0 Å². The molecule has 0 unspecified atom stereocenters. The third-order valence-electron chi connectivity index (χ3n) is 3.28. The molecule has 0 aliphatic carbocycles. The maximum Gasteiger partial charge on any atom is 0.0721 e. The van der Waals surface area contributed by atoms with Crippen molar-refractivity contribution in [2.24, 2.45) is 0 Å². The number of benzene rings is 2. The first-order chi connectivity index (χ1) is 10.4. The second-order valence-electron chi connectivity index (χ2n) is 5.00. The molecule has 2 heteroatoms. The van der Waals surface area contributed by atoms with E-state index in [0.717, 1.165) is 13.0 Å². The Morgan fingerprint density at radius 2 is 1.67 bits per heavy atom. The van der Waals surface area contributed by atoms with Crippen LogP contribution in [0.4, 0.5) is 0 Å². The Labute approximate surface area is 127 Å². The number of nitrogens with one attached hydrogen (secondary N) is 1. The standard InChI is InChI=1S/C19H23NO/c1-20-14-13-18-9-11-19(12-10-18)16-21-15-5-8-17-6-3-2-4-7-17/h2-12,20H,13-16H2,1H3/b8-5+. The Bertz CT molecular complexity index is 531. The molecule has 0 saturated carbocycles. The van der Waals surface area contributed by atoms with E-state index in [1.54, 1.807) is 0 Å². The van der Waals surface area contributed by atoms with Gasteiger partial charge in [0.15, 0.2) is 0 Å². The van der Waals surface area contributed by atoms with Gasteiger partial charge in [-0.05, 0) is 36.7 Å². The number of hydrogen-bond donors (Lipinski definition) is 1. The molecule has 1 N–H and O–H groups in total. The molecule has 2 aromatic rings. The van der Waals surface area contributed by atoms with Crippen LogP contribution < -0.4 is 5.32 Å². The van der Waals surface area contributed by atoms with Crippen LogP contribution >= 0.6 is 0 Å². The average Bonchev–Trinajstić information content (AvgIpc) is 2.55. The van der Waals surface area contributed by atoms with Crippen molar-refractivity contribution in [2.45, 2.75) is 13.0 Å². The summed E-state index contributed by atoms with van der Waals surface area (Å²) in [5, 5.41) is 3.16. The Morgan fingerprint density at radius 3 is 2.38 bits per heavy atom. The van der Waals surface area contributed by atoms with E-state index < -0.39 is 0 Å². The molecular weight excluding hydrogens is 258 g/mol. The lowest BCUT2D eigenvalue weighted by atomic mass is 10.1. The molecule has 0 heterocycles. The van der Waals surface area contributed by atoms with Gasteiger partial charge in [0.05, 0.1) is 13.2 Å². The third kappa shape index (κ3) is 5.94. The van der Waals surface area contributed by atoms with E-state index in [0.29, 0.717) is 13.2 Å². The topological polar surface area (TPSA) is 21.3 Å². The summed E-state index contributed by atoms with van der Waals surface area (Å²) in [6, 6.07) is 18.9. The van der Waals surface area contributed by atoms with Crippen molar-refractivity contribution in [1.29, 1.82) is 0 Å². The van der Waals surface area contributed by atoms with Gasteiger partial charge >= 0.3 is 0 Å². The molecule has 0 aliphatic heterocycles. The lowest BCUT2D eigenvalue weighted by molar-refractivity contribution is 0.149. The first kappa shape index (κ1) is 15.5. The van der Waals surface area contributed by atoms with Crippen LogP contribution in [0.1, 0.15) is 16.7 Å². The molecule has 0 atom stereocenters. The zero-order valence-corrected chi connectivity index (χ0v) is 12.6. The van der Waals surface area contributed by atoms with Gasteiger partial charge in [-0.25, -0.2) is 0 Å². The maximum absolute atomic E-state index is 5.66. The summed E-state index contributed by atoms with van der Waals surface area (Å²) in [5.74, 6) is 0. The van der Waals surface area contributed by atoms with Crippen LogP contribution in [-0.4, -0.2) is 20.2 Å². The van der Waals surface area contributed by atoms with Gasteiger partial charge in [0, 0.05) is 0 Å². The summed E-state index contributed by atoms with van der Waals surface area (Å²) in [6.45, 7) is 2.31. The molecule has 21 heavy (non-hydrogen) atoms. The van der Waals surface area contributed by atoms with E-state index in [1.165, 1.54) is 16.7 Å². The smallest absolute Gasteiger partial charge is 0.0721 e. The molecule has 0 aromatic heterocycles. The molecule has 0 aliphatic rings. The summed E-state index contributed by atoms with van der Waals surface area (Å²) in [4.78, 5) is 0. The van der Waals surface area contributed by atoms with Crippen LogP contribution in [0, 0.1) is 0 Å². The normalized spacial score (nSPS) is 11.1. The summed E-state index contributed by atoms with van der Waals surface area (Å²) in [7, 11) is 1.98. The summed E-state index contributed by atoms with van der Waals surface area (Å²) in [5.41, 5.74) is 3.78. The van der Waals surface area contributed by atoms with Crippen molar-refractivity contribution < 1.29 is 4.74 Å². The van der Waals surface area contributed by atoms with E-state index in [9.17, 15) is 0 Å². The molecule has 2 rings (SSSR count). The minimum absolute atomic E-state index is 0.635. The summed E-state index contributed by atoms with van der Waals surface area (Å²) < 4.78 is 5.66. The maximum atomic E-state index is 5.66. The van der Waals surface area contributed by atoms with E-state index in [2.05, 4.69) is 53.9 Å². The predicted molar refractivity (Wildman–Crippen MR) is 89.2 cm³/mol. The van der Waals surface area contributed by atoms with Gasteiger partial charge in [0.25, 0.3) is 0 Å². The van der Waals surface area contributed by atoms with Crippen LogP contribution in [0.5, 0.6) is 0 Å². The second kappa shape index (κ2) is 9.11. The van der Waals surface area contributed by atoms with Crippen molar-refractivity contribution >= 4 is 6.08 Å². The van der Waals surface area contributed by atoms with Gasteiger partial charge in [-0.2, -0.15) is 0 Å². The average molecular weight is 281 g/mol. The van der Waals surface area contributed by atoms with Gasteiger partial charge in [-0.3, -0.25) is 0 Å². The zero-order valence-electron chi connectivity index (χ0n) is 12.6. The molecule has 0 radical (unpaired) electrons. The Balaban J connectivity index is 1.70. The highest BCUT2D eigenvalue weighted by Crippen LogP contribution is 2.07. The molecule has 0 spiro atoms. The van der Waals surface area contributed by atoms with E-state index >= 15 is 0 Å². The van der Waals surface area contributed by atoms with Crippen molar-refractivity contribution in [3.05, 3.63) is 77.4 Å². The van der Waals surface area contributed by atoms with Crippen molar-refractivity contribution in [3.8, 4) is 0 Å². The van der Waals surface area contributed by atoms with Crippen LogP contribution in [0.2, 0.25) is 0 Å². The fraction of sp³-hybridized carbons (Fsp3) is 0.263. The first-order valence-corrected chi connectivity index (χ1v) is 7.40.